The quantitative estimate of drug-likeness (QED) is 0.248. The summed E-state index contributed by atoms with van der Waals surface area (Å²) in [6, 6.07) is 7.27. The van der Waals surface area contributed by atoms with Gasteiger partial charge in [0.05, 0.1) is 36.0 Å². The molecular formula is C35H46F3N5O8S. The fourth-order valence-electron chi connectivity index (χ4n) is 5.83. The van der Waals surface area contributed by atoms with Crippen LogP contribution < -0.4 is 14.8 Å². The van der Waals surface area contributed by atoms with Gasteiger partial charge in [-0.05, 0) is 89.4 Å². The number of carbonyl (C=O) groups excluding carboxylic acids is 2. The van der Waals surface area contributed by atoms with Crippen molar-refractivity contribution in [1.82, 2.24) is 15.0 Å². The zero-order valence-corrected chi connectivity index (χ0v) is 30.8. The van der Waals surface area contributed by atoms with Crippen LogP contribution in [0.15, 0.2) is 51.9 Å². The monoisotopic (exact) mass is 753 g/mol. The minimum Gasteiger partial charge on any atom is -0.490 e. The number of urea groups is 1. The van der Waals surface area contributed by atoms with Crippen molar-refractivity contribution in [2.75, 3.05) is 43.4 Å². The van der Waals surface area contributed by atoms with Gasteiger partial charge in [0, 0.05) is 44.0 Å². The number of aliphatic hydroxyl groups is 1. The van der Waals surface area contributed by atoms with E-state index in [4.69, 9.17) is 14.0 Å². The summed E-state index contributed by atoms with van der Waals surface area (Å²) < 4.78 is 85.6. The Morgan fingerprint density at radius 1 is 1.12 bits per heavy atom. The third kappa shape index (κ3) is 10.2. The van der Waals surface area contributed by atoms with Crippen LogP contribution in [0.4, 0.5) is 29.3 Å². The summed E-state index contributed by atoms with van der Waals surface area (Å²) in [5.41, 5.74) is -0.318. The third-order valence-corrected chi connectivity index (χ3v) is 10.4. The zero-order chi connectivity index (χ0) is 38.4. The van der Waals surface area contributed by atoms with Gasteiger partial charge in [-0.3, -0.25) is 9.52 Å². The van der Waals surface area contributed by atoms with Crippen LogP contribution in [-0.2, 0) is 20.9 Å². The molecule has 0 fully saturated rings. The lowest BCUT2D eigenvalue weighted by atomic mass is 10.0. The predicted molar refractivity (Wildman–Crippen MR) is 187 cm³/mol. The minimum absolute atomic E-state index is 0.0703. The standard InChI is InChI=1S/C35H46F3N5O8S/c1-21-18-43(22(2)20-44)33(45)29-17-28(41-52(47,48)32-24(4)40-51-25(32)5)14-15-30(29)50-23(3)9-7-8-16-49-31(21)19-42(6)34(46)39-27-12-10-26(11-13-27)35(36,37)38/h10-15,17,21-23,31,41,44H,7-9,16,18-20H2,1-6H3,(H,39,46)/t21-,22+,23+,31-/m1/s1. The molecule has 3 amide bonds. The van der Waals surface area contributed by atoms with Gasteiger partial charge in [-0.25, -0.2) is 13.2 Å². The summed E-state index contributed by atoms with van der Waals surface area (Å²) in [6.45, 7) is 8.47. The van der Waals surface area contributed by atoms with E-state index >= 15 is 0 Å². The summed E-state index contributed by atoms with van der Waals surface area (Å²) in [5, 5.41) is 16.5. The fourth-order valence-corrected chi connectivity index (χ4v) is 7.21. The Morgan fingerprint density at radius 3 is 2.40 bits per heavy atom. The summed E-state index contributed by atoms with van der Waals surface area (Å²) in [4.78, 5) is 30.2. The molecule has 1 aromatic heterocycles. The van der Waals surface area contributed by atoms with Gasteiger partial charge in [-0.1, -0.05) is 12.1 Å². The van der Waals surface area contributed by atoms with E-state index in [1.54, 1.807) is 6.92 Å². The molecule has 0 spiro atoms. The molecule has 0 radical (unpaired) electrons. The highest BCUT2D eigenvalue weighted by Gasteiger charge is 2.33. The van der Waals surface area contributed by atoms with Crippen molar-refractivity contribution in [3.05, 3.63) is 65.0 Å². The summed E-state index contributed by atoms with van der Waals surface area (Å²) >= 11 is 0. The Bertz CT molecular complexity index is 1780. The van der Waals surface area contributed by atoms with Crippen LogP contribution in [0.2, 0.25) is 0 Å². The molecule has 1 aliphatic rings. The molecule has 3 N–H and O–H groups in total. The lowest BCUT2D eigenvalue weighted by molar-refractivity contribution is -0.137. The molecule has 0 saturated carbocycles. The SMILES string of the molecule is Cc1noc(C)c1S(=O)(=O)Nc1ccc2c(c1)C(=O)N([C@@H](C)CO)C[C@@H](C)[C@@H](CN(C)C(=O)Nc1ccc(C(F)(F)F)cc1)OCCCC[C@H](C)O2. The van der Waals surface area contributed by atoms with E-state index in [2.05, 4.69) is 15.2 Å². The largest absolute Gasteiger partial charge is 0.490 e. The number of aliphatic hydroxyl groups excluding tert-OH is 1. The van der Waals surface area contributed by atoms with E-state index in [9.17, 15) is 36.3 Å². The molecule has 17 heteroatoms. The molecule has 0 bridgehead atoms. The van der Waals surface area contributed by atoms with Gasteiger partial charge in [-0.15, -0.1) is 0 Å². The third-order valence-electron chi connectivity index (χ3n) is 8.80. The number of hydrogen-bond acceptors (Lipinski definition) is 9. The van der Waals surface area contributed by atoms with Gasteiger partial charge in [0.15, 0.2) is 10.7 Å². The number of aromatic nitrogens is 1. The molecular weight excluding hydrogens is 707 g/mol. The number of carbonyl (C=O) groups is 2. The van der Waals surface area contributed by atoms with E-state index in [0.29, 0.717) is 19.4 Å². The van der Waals surface area contributed by atoms with Crippen molar-refractivity contribution >= 4 is 33.3 Å². The van der Waals surface area contributed by atoms with Crippen LogP contribution in [0.5, 0.6) is 5.75 Å². The number of alkyl halides is 3. The fraction of sp³-hybridized carbons (Fsp3) is 0.514. The number of nitrogens with zero attached hydrogens (tertiary/aromatic N) is 3. The number of aryl methyl sites for hydroxylation is 2. The van der Waals surface area contributed by atoms with Crippen LogP contribution in [0.3, 0.4) is 0 Å². The summed E-state index contributed by atoms with van der Waals surface area (Å²) in [7, 11) is -2.61. The highest BCUT2D eigenvalue weighted by atomic mass is 32.2. The first-order valence-corrected chi connectivity index (χ1v) is 18.4. The van der Waals surface area contributed by atoms with Gasteiger partial charge in [-0.2, -0.15) is 13.2 Å². The molecule has 0 unspecified atom stereocenters. The van der Waals surface area contributed by atoms with Gasteiger partial charge < -0.3 is 34.2 Å². The average Bonchev–Trinajstić information content (AvgIpc) is 3.43. The molecule has 2 heterocycles. The average molecular weight is 754 g/mol. The molecule has 52 heavy (non-hydrogen) atoms. The summed E-state index contributed by atoms with van der Waals surface area (Å²) in [5.74, 6) is -0.581. The van der Waals surface area contributed by atoms with Crippen molar-refractivity contribution < 1.29 is 50.3 Å². The molecule has 4 rings (SSSR count). The maximum atomic E-state index is 14.4. The zero-order valence-electron chi connectivity index (χ0n) is 30.0. The first-order valence-electron chi connectivity index (χ1n) is 16.9. The Kier molecular flexibility index (Phi) is 13.2. The normalized spacial score (nSPS) is 19.9. The maximum Gasteiger partial charge on any atom is 0.416 e. The van der Waals surface area contributed by atoms with Crippen LogP contribution in [0.25, 0.3) is 0 Å². The van der Waals surface area contributed by atoms with Crippen LogP contribution in [0, 0.1) is 19.8 Å². The lowest BCUT2D eigenvalue weighted by Gasteiger charge is -2.35. The second kappa shape index (κ2) is 17.0. The number of sulfonamides is 1. The number of hydrogen-bond donors (Lipinski definition) is 3. The van der Waals surface area contributed by atoms with Crippen molar-refractivity contribution in [2.45, 2.75) is 83.2 Å². The summed E-state index contributed by atoms with van der Waals surface area (Å²) in [6.07, 6.45) is -3.41. The van der Waals surface area contributed by atoms with E-state index in [-0.39, 0.29) is 64.8 Å². The minimum atomic E-state index is -4.51. The Balaban J connectivity index is 1.60. The predicted octanol–water partition coefficient (Wildman–Crippen LogP) is 6.07. The van der Waals surface area contributed by atoms with Crippen LogP contribution in [-0.4, -0.2) is 92.0 Å². The molecule has 3 aromatic rings. The number of halogens is 3. The second-order valence-electron chi connectivity index (χ2n) is 13.2. The van der Waals surface area contributed by atoms with Gasteiger partial charge in [0.1, 0.15) is 11.4 Å². The number of benzene rings is 2. The number of rotatable bonds is 8. The number of fused-ring (bicyclic) bond motifs is 1. The molecule has 286 valence electrons. The van der Waals surface area contributed by atoms with Crippen molar-refractivity contribution in [3.8, 4) is 5.75 Å². The second-order valence-corrected chi connectivity index (χ2v) is 14.8. The van der Waals surface area contributed by atoms with E-state index < -0.39 is 51.8 Å². The Hall–Kier alpha value is -4.35. The number of ether oxygens (including phenoxy) is 2. The molecule has 0 aliphatic carbocycles. The number of nitrogens with one attached hydrogen (secondary N) is 2. The maximum absolute atomic E-state index is 14.4. The number of anilines is 2. The molecule has 2 aromatic carbocycles. The van der Waals surface area contributed by atoms with Gasteiger partial charge in [0.25, 0.3) is 15.9 Å². The number of amides is 3. The van der Waals surface area contributed by atoms with E-state index in [0.717, 1.165) is 18.6 Å². The molecule has 1 aliphatic heterocycles. The van der Waals surface area contributed by atoms with Crippen molar-refractivity contribution in [2.24, 2.45) is 5.92 Å². The lowest BCUT2D eigenvalue weighted by Crippen LogP contribution is -2.48. The van der Waals surface area contributed by atoms with E-state index in [1.165, 1.54) is 61.0 Å². The first-order chi connectivity index (χ1) is 24.4. The van der Waals surface area contributed by atoms with Gasteiger partial charge in [0.2, 0.25) is 0 Å². The van der Waals surface area contributed by atoms with Crippen LogP contribution >= 0.6 is 0 Å². The van der Waals surface area contributed by atoms with Crippen LogP contribution in [0.1, 0.15) is 67.4 Å². The number of likely N-dealkylation sites (N-methyl/N-ethyl adjacent to an activating group) is 1. The van der Waals surface area contributed by atoms with E-state index in [1.807, 2.05) is 13.8 Å². The Labute approximate surface area is 301 Å². The topological polar surface area (TPSA) is 164 Å². The van der Waals surface area contributed by atoms with Crippen molar-refractivity contribution in [3.63, 3.8) is 0 Å². The highest BCUT2D eigenvalue weighted by molar-refractivity contribution is 7.92. The molecule has 13 nitrogen and oxygen atoms in total. The molecule has 0 saturated heterocycles. The molecule has 4 atom stereocenters. The first kappa shape index (κ1) is 40.4. The smallest absolute Gasteiger partial charge is 0.416 e. The highest BCUT2D eigenvalue weighted by Crippen LogP contribution is 2.32. The Morgan fingerprint density at radius 2 is 1.79 bits per heavy atom. The van der Waals surface area contributed by atoms with Gasteiger partial charge >= 0.3 is 12.2 Å². The van der Waals surface area contributed by atoms with Crippen molar-refractivity contribution in [1.29, 1.82) is 0 Å².